The summed E-state index contributed by atoms with van der Waals surface area (Å²) >= 11 is 0. The van der Waals surface area contributed by atoms with E-state index in [0.717, 1.165) is 17.7 Å². The molecule has 0 aliphatic heterocycles. The van der Waals surface area contributed by atoms with E-state index in [0.29, 0.717) is 18.2 Å². The van der Waals surface area contributed by atoms with E-state index in [9.17, 15) is 13.2 Å². The summed E-state index contributed by atoms with van der Waals surface area (Å²) in [5, 5.41) is 3.34. The molecule has 3 rings (SSSR count). The lowest BCUT2D eigenvalue weighted by Crippen LogP contribution is -2.15. The van der Waals surface area contributed by atoms with Crippen molar-refractivity contribution in [2.24, 2.45) is 0 Å². The molecule has 0 radical (unpaired) electrons. The van der Waals surface area contributed by atoms with Gasteiger partial charge in [0.1, 0.15) is 0 Å². The summed E-state index contributed by atoms with van der Waals surface area (Å²) < 4.78 is 39.4. The van der Waals surface area contributed by atoms with E-state index < -0.39 is 17.5 Å². The Hall–Kier alpha value is -1.88. The van der Waals surface area contributed by atoms with E-state index in [1.807, 2.05) is 0 Å². The maximum Gasteiger partial charge on any atom is 0.194 e. The zero-order valence-corrected chi connectivity index (χ0v) is 10.7. The Morgan fingerprint density at radius 3 is 2.35 bits per heavy atom. The van der Waals surface area contributed by atoms with E-state index in [-0.39, 0.29) is 5.56 Å². The number of aromatic nitrogens is 1. The fourth-order valence-electron chi connectivity index (χ4n) is 2.01. The molecule has 1 saturated carbocycles. The van der Waals surface area contributed by atoms with Crippen LogP contribution in [0.25, 0.3) is 11.1 Å². The predicted molar refractivity (Wildman–Crippen MR) is 69.4 cm³/mol. The Kier molecular flexibility index (Phi) is 3.44. The first-order valence-corrected chi connectivity index (χ1v) is 6.46. The summed E-state index contributed by atoms with van der Waals surface area (Å²) in [5.41, 5.74) is 1.78. The average Bonchev–Trinajstić information content (AvgIpc) is 3.26. The molecule has 1 fully saturated rings. The third-order valence-electron chi connectivity index (χ3n) is 3.28. The SMILES string of the molecule is Fc1cc(-c2cncc(CNC3CC3)c2)cc(F)c1F. The van der Waals surface area contributed by atoms with Gasteiger partial charge in [0.15, 0.2) is 17.5 Å². The number of nitrogens with zero attached hydrogens (tertiary/aromatic N) is 1. The van der Waals surface area contributed by atoms with Gasteiger partial charge in [-0.1, -0.05) is 0 Å². The Morgan fingerprint density at radius 2 is 1.70 bits per heavy atom. The summed E-state index contributed by atoms with van der Waals surface area (Å²) in [6.07, 6.45) is 5.57. The van der Waals surface area contributed by atoms with Crippen LogP contribution in [-0.2, 0) is 6.54 Å². The average molecular weight is 278 g/mol. The van der Waals surface area contributed by atoms with Crippen LogP contribution in [0.1, 0.15) is 18.4 Å². The van der Waals surface area contributed by atoms with Crippen molar-refractivity contribution in [3.63, 3.8) is 0 Å². The summed E-state index contributed by atoms with van der Waals surface area (Å²) in [7, 11) is 0. The molecule has 0 atom stereocenters. The molecule has 5 heteroatoms. The molecule has 0 spiro atoms. The Morgan fingerprint density at radius 1 is 1.00 bits per heavy atom. The largest absolute Gasteiger partial charge is 0.310 e. The number of pyridine rings is 1. The van der Waals surface area contributed by atoms with Crippen molar-refractivity contribution in [3.8, 4) is 11.1 Å². The molecule has 1 aliphatic rings. The maximum atomic E-state index is 13.2. The molecule has 2 nitrogen and oxygen atoms in total. The van der Waals surface area contributed by atoms with Crippen LogP contribution >= 0.6 is 0 Å². The van der Waals surface area contributed by atoms with Crippen molar-refractivity contribution in [3.05, 3.63) is 53.6 Å². The number of halogens is 3. The van der Waals surface area contributed by atoms with Gasteiger partial charge >= 0.3 is 0 Å². The van der Waals surface area contributed by atoms with Crippen molar-refractivity contribution in [2.75, 3.05) is 0 Å². The molecule has 1 heterocycles. The normalized spacial score (nSPS) is 14.6. The van der Waals surface area contributed by atoms with Crippen LogP contribution in [0, 0.1) is 17.5 Å². The van der Waals surface area contributed by atoms with Crippen molar-refractivity contribution >= 4 is 0 Å². The van der Waals surface area contributed by atoms with Gasteiger partial charge in [-0.15, -0.1) is 0 Å². The number of nitrogens with one attached hydrogen (secondary N) is 1. The second kappa shape index (κ2) is 5.25. The first kappa shape index (κ1) is 13.1. The molecule has 0 unspecified atom stereocenters. The molecule has 20 heavy (non-hydrogen) atoms. The van der Waals surface area contributed by atoms with Gasteiger partial charge < -0.3 is 5.32 Å². The van der Waals surface area contributed by atoms with E-state index in [1.165, 1.54) is 19.0 Å². The molecule has 0 saturated heterocycles. The Balaban J connectivity index is 1.87. The van der Waals surface area contributed by atoms with Crippen molar-refractivity contribution in [2.45, 2.75) is 25.4 Å². The van der Waals surface area contributed by atoms with Crippen molar-refractivity contribution in [1.29, 1.82) is 0 Å². The molecule has 0 amide bonds. The van der Waals surface area contributed by atoms with Crippen molar-refractivity contribution < 1.29 is 13.2 Å². The summed E-state index contributed by atoms with van der Waals surface area (Å²) in [6.45, 7) is 0.664. The van der Waals surface area contributed by atoms with Gasteiger partial charge in [-0.05, 0) is 42.2 Å². The highest BCUT2D eigenvalue weighted by Gasteiger charge is 2.20. The first-order valence-electron chi connectivity index (χ1n) is 6.46. The third-order valence-corrected chi connectivity index (χ3v) is 3.28. The molecule has 1 aromatic heterocycles. The number of hydrogen-bond acceptors (Lipinski definition) is 2. The second-order valence-electron chi connectivity index (χ2n) is 4.99. The fraction of sp³-hybridized carbons (Fsp3) is 0.267. The zero-order valence-electron chi connectivity index (χ0n) is 10.7. The summed E-state index contributed by atoms with van der Waals surface area (Å²) in [5.74, 6) is -3.84. The number of rotatable bonds is 4. The maximum absolute atomic E-state index is 13.2. The van der Waals surface area contributed by atoms with Crippen LogP contribution in [0.2, 0.25) is 0 Å². The van der Waals surface area contributed by atoms with Gasteiger partial charge in [0.25, 0.3) is 0 Å². The van der Waals surface area contributed by atoms with E-state index in [4.69, 9.17) is 0 Å². The minimum Gasteiger partial charge on any atom is -0.310 e. The third kappa shape index (κ3) is 2.82. The molecular formula is C15H13F3N2. The highest BCUT2D eigenvalue weighted by atomic mass is 19.2. The smallest absolute Gasteiger partial charge is 0.194 e. The van der Waals surface area contributed by atoms with Crippen LogP contribution in [0.4, 0.5) is 13.2 Å². The Labute approximate surface area is 114 Å². The Bertz CT molecular complexity index is 616. The second-order valence-corrected chi connectivity index (χ2v) is 4.99. The topological polar surface area (TPSA) is 24.9 Å². The highest BCUT2D eigenvalue weighted by molar-refractivity contribution is 5.63. The van der Waals surface area contributed by atoms with E-state index in [1.54, 1.807) is 12.3 Å². The molecule has 1 aromatic carbocycles. The standard InChI is InChI=1S/C15H13F3N2/c16-13-4-10(5-14(17)15(13)18)11-3-9(6-19-8-11)7-20-12-1-2-12/h3-6,8,12,20H,1-2,7H2. The van der Waals surface area contributed by atoms with Crippen LogP contribution in [0.3, 0.4) is 0 Å². The zero-order chi connectivity index (χ0) is 14.1. The minimum absolute atomic E-state index is 0.280. The predicted octanol–water partition coefficient (Wildman–Crippen LogP) is 3.42. The van der Waals surface area contributed by atoms with Crippen LogP contribution < -0.4 is 5.32 Å². The van der Waals surface area contributed by atoms with Crippen LogP contribution in [-0.4, -0.2) is 11.0 Å². The van der Waals surface area contributed by atoms with E-state index in [2.05, 4.69) is 10.3 Å². The molecule has 1 aliphatic carbocycles. The molecule has 104 valence electrons. The lowest BCUT2D eigenvalue weighted by atomic mass is 10.1. The lowest BCUT2D eigenvalue weighted by molar-refractivity contribution is 0.447. The van der Waals surface area contributed by atoms with Gasteiger partial charge in [0.05, 0.1) is 0 Å². The lowest BCUT2D eigenvalue weighted by Gasteiger charge is -2.07. The quantitative estimate of drug-likeness (QED) is 0.867. The fourth-order valence-corrected chi connectivity index (χ4v) is 2.01. The van der Waals surface area contributed by atoms with Crippen molar-refractivity contribution in [1.82, 2.24) is 10.3 Å². The van der Waals surface area contributed by atoms with Gasteiger partial charge in [0, 0.05) is 30.5 Å². The summed E-state index contributed by atoms with van der Waals surface area (Å²) in [4.78, 5) is 4.06. The van der Waals surface area contributed by atoms with Gasteiger partial charge in [-0.25, -0.2) is 13.2 Å². The molecule has 2 aromatic rings. The van der Waals surface area contributed by atoms with Gasteiger partial charge in [-0.3, -0.25) is 4.98 Å². The van der Waals surface area contributed by atoms with Gasteiger partial charge in [-0.2, -0.15) is 0 Å². The summed E-state index contributed by atoms with van der Waals surface area (Å²) in [6, 6.07) is 4.33. The molecule has 0 bridgehead atoms. The number of benzene rings is 1. The molecular weight excluding hydrogens is 265 g/mol. The van der Waals surface area contributed by atoms with Crippen LogP contribution in [0.15, 0.2) is 30.6 Å². The van der Waals surface area contributed by atoms with Gasteiger partial charge in [0.2, 0.25) is 0 Å². The highest BCUT2D eigenvalue weighted by Crippen LogP contribution is 2.24. The molecule has 1 N–H and O–H groups in total. The first-order chi connectivity index (χ1) is 9.63. The van der Waals surface area contributed by atoms with Crippen LogP contribution in [0.5, 0.6) is 0 Å². The monoisotopic (exact) mass is 278 g/mol. The van der Waals surface area contributed by atoms with E-state index >= 15 is 0 Å². The number of hydrogen-bond donors (Lipinski definition) is 1. The minimum atomic E-state index is -1.45.